The molecule has 1 aliphatic rings. The van der Waals surface area contributed by atoms with Gasteiger partial charge in [-0.25, -0.2) is 8.78 Å². The van der Waals surface area contributed by atoms with Crippen LogP contribution in [0.25, 0.3) is 0 Å². The van der Waals surface area contributed by atoms with Gasteiger partial charge >= 0.3 is 0 Å². The van der Waals surface area contributed by atoms with Gasteiger partial charge in [-0.1, -0.05) is 6.92 Å². The summed E-state index contributed by atoms with van der Waals surface area (Å²) in [4.78, 5) is 13.9. The minimum atomic E-state index is -0.820. The summed E-state index contributed by atoms with van der Waals surface area (Å²) >= 11 is 0. The molecule has 19 heavy (non-hydrogen) atoms. The first-order chi connectivity index (χ1) is 9.02. The Bertz CT molecular complexity index is 479. The molecule has 0 spiro atoms. The third-order valence-electron chi connectivity index (χ3n) is 3.67. The second-order valence-electron chi connectivity index (χ2n) is 5.14. The largest absolute Gasteiger partial charge is 0.334 e. The van der Waals surface area contributed by atoms with Crippen molar-refractivity contribution in [3.63, 3.8) is 0 Å². The third-order valence-corrected chi connectivity index (χ3v) is 3.67. The number of benzene rings is 1. The number of nitrogens with two attached hydrogens (primary N) is 1. The normalized spacial score (nSPS) is 23.5. The molecule has 1 aromatic rings. The van der Waals surface area contributed by atoms with Gasteiger partial charge < -0.3 is 10.6 Å². The average molecular weight is 268 g/mol. The Morgan fingerprint density at radius 2 is 2.21 bits per heavy atom. The number of hydrogen-bond donors (Lipinski definition) is 1. The molecule has 2 unspecified atom stereocenters. The van der Waals surface area contributed by atoms with Crippen LogP contribution in [0.5, 0.6) is 0 Å². The van der Waals surface area contributed by atoms with E-state index in [9.17, 15) is 13.6 Å². The highest BCUT2D eigenvalue weighted by Crippen LogP contribution is 2.24. The highest BCUT2D eigenvalue weighted by molar-refractivity contribution is 5.94. The fraction of sp³-hybridized carbons (Fsp3) is 0.500. The molecule has 1 saturated heterocycles. The minimum Gasteiger partial charge on any atom is -0.334 e. The maximum atomic E-state index is 13.6. The number of nitrogens with zero attached hydrogens (tertiary/aromatic N) is 1. The van der Waals surface area contributed by atoms with Gasteiger partial charge in [-0.05, 0) is 30.9 Å². The van der Waals surface area contributed by atoms with Crippen molar-refractivity contribution < 1.29 is 13.6 Å². The average Bonchev–Trinajstić information content (AvgIpc) is 2.37. The highest BCUT2D eigenvalue weighted by atomic mass is 19.1. The first-order valence-corrected chi connectivity index (χ1v) is 6.49. The molecule has 2 N–H and O–H groups in total. The number of likely N-dealkylation sites (tertiary alicyclic amines) is 1. The van der Waals surface area contributed by atoms with E-state index in [1.807, 2.05) is 0 Å². The Balaban J connectivity index is 2.22. The zero-order valence-electron chi connectivity index (χ0n) is 10.9. The number of rotatable bonds is 2. The summed E-state index contributed by atoms with van der Waals surface area (Å²) in [6.45, 7) is 3.04. The van der Waals surface area contributed by atoms with Crippen LogP contribution in [0.3, 0.4) is 0 Å². The van der Waals surface area contributed by atoms with Gasteiger partial charge in [0.1, 0.15) is 11.6 Å². The lowest BCUT2D eigenvalue weighted by Crippen LogP contribution is -2.49. The molecule has 2 atom stereocenters. The number of piperidine rings is 1. The molecule has 0 bridgehead atoms. The van der Waals surface area contributed by atoms with Crippen molar-refractivity contribution in [1.82, 2.24) is 4.90 Å². The topological polar surface area (TPSA) is 46.3 Å². The van der Waals surface area contributed by atoms with E-state index in [1.165, 1.54) is 6.07 Å². The molecule has 0 aliphatic carbocycles. The van der Waals surface area contributed by atoms with Gasteiger partial charge in [0.25, 0.3) is 5.91 Å². The standard InChI is InChI=1S/C14H18F2N2O/c1-9-4-5-18(11(6-9)8-17)14(19)12-3-2-10(15)7-13(12)16/h2-3,7,9,11H,4-6,8,17H2,1H3. The molecule has 1 aliphatic heterocycles. The van der Waals surface area contributed by atoms with Crippen molar-refractivity contribution in [2.75, 3.05) is 13.1 Å². The molecule has 0 saturated carbocycles. The number of halogens is 2. The van der Waals surface area contributed by atoms with Crippen LogP contribution >= 0.6 is 0 Å². The van der Waals surface area contributed by atoms with Gasteiger partial charge in [0.05, 0.1) is 5.56 Å². The second-order valence-corrected chi connectivity index (χ2v) is 5.14. The van der Waals surface area contributed by atoms with E-state index >= 15 is 0 Å². The first-order valence-electron chi connectivity index (χ1n) is 6.49. The molecule has 104 valence electrons. The Morgan fingerprint density at radius 1 is 1.47 bits per heavy atom. The SMILES string of the molecule is CC1CCN(C(=O)c2ccc(F)cc2F)C(CN)C1. The molecule has 0 aromatic heterocycles. The van der Waals surface area contributed by atoms with E-state index in [2.05, 4.69) is 6.92 Å². The lowest BCUT2D eigenvalue weighted by molar-refractivity contribution is 0.0569. The Labute approximate surface area is 111 Å². The minimum absolute atomic E-state index is 0.0688. The van der Waals surface area contributed by atoms with Crippen LogP contribution in [0.1, 0.15) is 30.1 Å². The molecule has 5 heteroatoms. The molecule has 1 aromatic carbocycles. The van der Waals surface area contributed by atoms with Crippen LogP contribution in [-0.2, 0) is 0 Å². The van der Waals surface area contributed by atoms with Crippen molar-refractivity contribution in [3.8, 4) is 0 Å². The number of amides is 1. The van der Waals surface area contributed by atoms with E-state index in [1.54, 1.807) is 4.90 Å². The van der Waals surface area contributed by atoms with Crippen LogP contribution in [0.2, 0.25) is 0 Å². The highest BCUT2D eigenvalue weighted by Gasteiger charge is 2.30. The predicted octanol–water partition coefficient (Wildman–Crippen LogP) is 2.16. The summed E-state index contributed by atoms with van der Waals surface area (Å²) in [7, 11) is 0. The number of hydrogen-bond acceptors (Lipinski definition) is 2. The lowest BCUT2D eigenvalue weighted by atomic mass is 9.92. The smallest absolute Gasteiger partial charge is 0.257 e. The monoisotopic (exact) mass is 268 g/mol. The van der Waals surface area contributed by atoms with Crippen molar-refractivity contribution >= 4 is 5.91 Å². The maximum Gasteiger partial charge on any atom is 0.257 e. The predicted molar refractivity (Wildman–Crippen MR) is 68.6 cm³/mol. The molecule has 2 rings (SSSR count). The van der Waals surface area contributed by atoms with Crippen molar-refractivity contribution in [3.05, 3.63) is 35.4 Å². The van der Waals surface area contributed by atoms with Crippen molar-refractivity contribution in [2.45, 2.75) is 25.8 Å². The Hall–Kier alpha value is -1.49. The molecule has 1 heterocycles. The van der Waals surface area contributed by atoms with E-state index in [-0.39, 0.29) is 11.6 Å². The quantitative estimate of drug-likeness (QED) is 0.893. The summed E-state index contributed by atoms with van der Waals surface area (Å²) in [5.74, 6) is -1.40. The van der Waals surface area contributed by atoms with E-state index in [0.29, 0.717) is 19.0 Å². The lowest BCUT2D eigenvalue weighted by Gasteiger charge is -2.38. The third kappa shape index (κ3) is 2.92. The van der Waals surface area contributed by atoms with Gasteiger partial charge in [-0.15, -0.1) is 0 Å². The summed E-state index contributed by atoms with van der Waals surface area (Å²) in [5, 5.41) is 0. The van der Waals surface area contributed by atoms with Gasteiger partial charge in [-0.3, -0.25) is 4.79 Å². The zero-order valence-corrected chi connectivity index (χ0v) is 10.9. The van der Waals surface area contributed by atoms with Gasteiger partial charge in [0.2, 0.25) is 0 Å². The second kappa shape index (κ2) is 5.65. The molecule has 0 radical (unpaired) electrons. The molecule has 1 amide bonds. The molecular weight excluding hydrogens is 250 g/mol. The van der Waals surface area contributed by atoms with Crippen LogP contribution in [0, 0.1) is 17.6 Å². The van der Waals surface area contributed by atoms with Crippen molar-refractivity contribution in [2.24, 2.45) is 11.7 Å². The van der Waals surface area contributed by atoms with E-state index in [0.717, 1.165) is 25.0 Å². The summed E-state index contributed by atoms with van der Waals surface area (Å²) in [6, 6.07) is 2.96. The summed E-state index contributed by atoms with van der Waals surface area (Å²) in [6.07, 6.45) is 1.70. The fourth-order valence-electron chi connectivity index (χ4n) is 2.56. The van der Waals surface area contributed by atoms with Crippen LogP contribution in [0.4, 0.5) is 8.78 Å². The molecular formula is C14H18F2N2O. The van der Waals surface area contributed by atoms with Gasteiger partial charge in [0, 0.05) is 25.2 Å². The van der Waals surface area contributed by atoms with Gasteiger partial charge in [0.15, 0.2) is 0 Å². The number of carbonyl (C=O) groups is 1. The van der Waals surface area contributed by atoms with E-state index < -0.39 is 17.5 Å². The number of carbonyl (C=O) groups excluding carboxylic acids is 1. The first kappa shape index (κ1) is 13.9. The van der Waals surface area contributed by atoms with Gasteiger partial charge in [-0.2, -0.15) is 0 Å². The summed E-state index contributed by atoms with van der Waals surface area (Å²) < 4.78 is 26.5. The van der Waals surface area contributed by atoms with Crippen LogP contribution in [-0.4, -0.2) is 29.9 Å². The Morgan fingerprint density at radius 3 is 2.84 bits per heavy atom. The molecule has 3 nitrogen and oxygen atoms in total. The molecule has 1 fully saturated rings. The maximum absolute atomic E-state index is 13.6. The van der Waals surface area contributed by atoms with Crippen LogP contribution in [0.15, 0.2) is 18.2 Å². The Kier molecular flexibility index (Phi) is 4.14. The van der Waals surface area contributed by atoms with Crippen molar-refractivity contribution in [1.29, 1.82) is 0 Å². The fourth-order valence-corrected chi connectivity index (χ4v) is 2.56. The van der Waals surface area contributed by atoms with E-state index in [4.69, 9.17) is 5.73 Å². The van der Waals surface area contributed by atoms with Crippen LogP contribution < -0.4 is 5.73 Å². The zero-order chi connectivity index (χ0) is 14.0. The summed E-state index contributed by atoms with van der Waals surface area (Å²) in [5.41, 5.74) is 5.60.